The molecule has 1 nitrogen and oxygen atoms in total. The van der Waals surface area contributed by atoms with Gasteiger partial charge in [0.05, 0.1) is 0 Å². The molecular weight excluding hydrogens is 181 g/mol. The third kappa shape index (κ3) is 6.87. The van der Waals surface area contributed by atoms with Crippen LogP contribution >= 0.6 is 0 Å². The number of rotatable bonds is 6. The minimum atomic E-state index is -4.45. The highest BCUT2D eigenvalue weighted by Gasteiger charge is 2.37. The highest BCUT2D eigenvalue weighted by Crippen LogP contribution is 2.23. The van der Waals surface area contributed by atoms with Crippen molar-refractivity contribution in [2.75, 3.05) is 0 Å². The van der Waals surface area contributed by atoms with Gasteiger partial charge in [0.25, 0.3) is 0 Å². The summed E-state index contributed by atoms with van der Waals surface area (Å²) in [7, 11) is 0. The van der Waals surface area contributed by atoms with Crippen LogP contribution in [0.4, 0.5) is 13.2 Å². The lowest BCUT2D eigenvalue weighted by atomic mass is 10.1. The van der Waals surface area contributed by atoms with Gasteiger partial charge in [0, 0.05) is 0 Å². The summed E-state index contributed by atoms with van der Waals surface area (Å²) in [4.78, 5) is 0. The normalized spacial score (nSPS) is 14.5. The average Bonchev–Trinajstić information content (AvgIpc) is 2.02. The molecule has 0 spiro atoms. The molecule has 0 amide bonds. The summed E-state index contributed by atoms with van der Waals surface area (Å²) in [6, 6.07) is 0. The fraction of sp³-hybridized carbons (Fsp3) is 0.889. The van der Waals surface area contributed by atoms with Gasteiger partial charge >= 0.3 is 6.18 Å². The van der Waals surface area contributed by atoms with Gasteiger partial charge in [-0.1, -0.05) is 39.0 Å². The van der Waals surface area contributed by atoms with E-state index < -0.39 is 12.3 Å². The molecule has 0 aromatic carbocycles. The first kappa shape index (κ1) is 12.8. The summed E-state index contributed by atoms with van der Waals surface area (Å²) < 4.78 is 35.3. The summed E-state index contributed by atoms with van der Waals surface area (Å²) in [6.45, 7) is 3.63. The van der Waals surface area contributed by atoms with Crippen molar-refractivity contribution in [3.63, 3.8) is 0 Å². The van der Waals surface area contributed by atoms with Gasteiger partial charge in [-0.25, -0.2) is 0 Å². The van der Waals surface area contributed by atoms with Crippen molar-refractivity contribution < 1.29 is 18.3 Å². The van der Waals surface area contributed by atoms with Crippen LogP contribution in [0.15, 0.2) is 0 Å². The lowest BCUT2D eigenvalue weighted by molar-refractivity contribution is -0.205. The monoisotopic (exact) mass is 197 g/mol. The first-order chi connectivity index (χ1) is 5.98. The zero-order valence-electron chi connectivity index (χ0n) is 7.61. The van der Waals surface area contributed by atoms with Crippen LogP contribution in [0.2, 0.25) is 0 Å². The highest BCUT2D eigenvalue weighted by atomic mass is 19.4. The molecule has 0 aliphatic carbocycles. The molecule has 0 heterocycles. The van der Waals surface area contributed by atoms with E-state index in [1.54, 1.807) is 0 Å². The van der Waals surface area contributed by atoms with Gasteiger partial charge in [0.2, 0.25) is 0 Å². The second-order valence-electron chi connectivity index (χ2n) is 3.11. The van der Waals surface area contributed by atoms with Gasteiger partial charge in [0.15, 0.2) is 0 Å². The van der Waals surface area contributed by atoms with Gasteiger partial charge in [-0.3, -0.25) is 0 Å². The van der Waals surface area contributed by atoms with Crippen molar-refractivity contribution in [2.45, 2.75) is 50.8 Å². The molecule has 13 heavy (non-hydrogen) atoms. The lowest BCUT2D eigenvalue weighted by Crippen LogP contribution is -2.28. The summed E-state index contributed by atoms with van der Waals surface area (Å²) in [5.74, 6) is 0. The SMILES string of the molecule is [CH2]CCCCCCC(O)C(F)(F)F. The van der Waals surface area contributed by atoms with Crippen molar-refractivity contribution in [3.8, 4) is 0 Å². The van der Waals surface area contributed by atoms with Crippen LogP contribution in [-0.4, -0.2) is 17.4 Å². The van der Waals surface area contributed by atoms with Crippen LogP contribution in [-0.2, 0) is 0 Å². The molecule has 0 saturated heterocycles. The third-order valence-electron chi connectivity index (χ3n) is 1.86. The van der Waals surface area contributed by atoms with Gasteiger partial charge in [-0.05, 0) is 6.42 Å². The van der Waals surface area contributed by atoms with Crippen LogP contribution in [0.25, 0.3) is 0 Å². The highest BCUT2D eigenvalue weighted by molar-refractivity contribution is 4.64. The van der Waals surface area contributed by atoms with E-state index >= 15 is 0 Å². The van der Waals surface area contributed by atoms with Crippen molar-refractivity contribution >= 4 is 0 Å². The van der Waals surface area contributed by atoms with E-state index in [1.807, 2.05) is 0 Å². The van der Waals surface area contributed by atoms with Crippen LogP contribution in [0.1, 0.15) is 38.5 Å². The molecule has 79 valence electrons. The van der Waals surface area contributed by atoms with Crippen LogP contribution in [0, 0.1) is 6.92 Å². The Hall–Kier alpha value is -0.250. The second-order valence-corrected chi connectivity index (χ2v) is 3.11. The van der Waals surface area contributed by atoms with E-state index in [-0.39, 0.29) is 6.42 Å². The molecule has 1 atom stereocenters. The van der Waals surface area contributed by atoms with E-state index in [0.29, 0.717) is 6.42 Å². The molecule has 0 aromatic rings. The fourth-order valence-corrected chi connectivity index (χ4v) is 1.03. The Bertz CT molecular complexity index is 123. The Labute approximate surface area is 76.9 Å². The van der Waals surface area contributed by atoms with Crippen molar-refractivity contribution in [3.05, 3.63) is 6.92 Å². The second kappa shape index (κ2) is 6.24. The molecule has 0 aromatic heterocycles. The first-order valence-electron chi connectivity index (χ1n) is 4.52. The Balaban J connectivity index is 3.32. The Kier molecular flexibility index (Phi) is 6.12. The topological polar surface area (TPSA) is 20.2 Å². The van der Waals surface area contributed by atoms with E-state index in [4.69, 9.17) is 5.11 Å². The molecule has 4 heteroatoms. The summed E-state index contributed by atoms with van der Waals surface area (Å²) in [5, 5.41) is 8.60. The van der Waals surface area contributed by atoms with E-state index in [0.717, 1.165) is 25.7 Å². The number of hydrogen-bond acceptors (Lipinski definition) is 1. The number of aliphatic hydroxyl groups excluding tert-OH is 1. The van der Waals surface area contributed by atoms with Gasteiger partial charge in [-0.15, -0.1) is 0 Å². The molecule has 1 unspecified atom stereocenters. The van der Waals surface area contributed by atoms with Gasteiger partial charge < -0.3 is 5.11 Å². The zero-order chi connectivity index (χ0) is 10.3. The Morgan fingerprint density at radius 3 is 2.08 bits per heavy atom. The molecule has 0 fully saturated rings. The number of aliphatic hydroxyl groups is 1. The predicted molar refractivity (Wildman–Crippen MR) is 45.1 cm³/mol. The van der Waals surface area contributed by atoms with Gasteiger partial charge in [0.1, 0.15) is 6.10 Å². The summed E-state index contributed by atoms with van der Waals surface area (Å²) >= 11 is 0. The predicted octanol–water partition coefficient (Wildman–Crippen LogP) is 3.08. The maximum atomic E-state index is 11.8. The van der Waals surface area contributed by atoms with Crippen LogP contribution < -0.4 is 0 Å². The first-order valence-corrected chi connectivity index (χ1v) is 4.52. The van der Waals surface area contributed by atoms with E-state index in [1.165, 1.54) is 0 Å². The lowest BCUT2D eigenvalue weighted by Gasteiger charge is -2.13. The minimum absolute atomic E-state index is 0.180. The average molecular weight is 197 g/mol. The molecule has 0 rings (SSSR count). The number of halogens is 3. The summed E-state index contributed by atoms with van der Waals surface area (Å²) in [6.07, 6.45) is -2.94. The number of alkyl halides is 3. The molecule has 0 aliphatic rings. The third-order valence-corrected chi connectivity index (χ3v) is 1.86. The summed E-state index contributed by atoms with van der Waals surface area (Å²) in [5.41, 5.74) is 0. The van der Waals surface area contributed by atoms with Crippen molar-refractivity contribution in [2.24, 2.45) is 0 Å². The number of hydrogen-bond donors (Lipinski definition) is 1. The minimum Gasteiger partial charge on any atom is -0.384 e. The molecule has 0 bridgehead atoms. The van der Waals surface area contributed by atoms with Crippen molar-refractivity contribution in [1.82, 2.24) is 0 Å². The smallest absolute Gasteiger partial charge is 0.384 e. The van der Waals surface area contributed by atoms with Crippen molar-refractivity contribution in [1.29, 1.82) is 0 Å². The molecular formula is C9H16F3O. The standard InChI is InChI=1S/C9H16F3O/c1-2-3-4-5-6-7-8(13)9(10,11)12/h8,13H,1-7H2. The van der Waals surface area contributed by atoms with E-state index in [9.17, 15) is 13.2 Å². The van der Waals surface area contributed by atoms with E-state index in [2.05, 4.69) is 6.92 Å². The maximum Gasteiger partial charge on any atom is 0.414 e. The Morgan fingerprint density at radius 1 is 1.08 bits per heavy atom. The van der Waals surface area contributed by atoms with Crippen LogP contribution in [0.3, 0.4) is 0 Å². The zero-order valence-corrected chi connectivity index (χ0v) is 7.61. The molecule has 1 radical (unpaired) electrons. The number of unbranched alkanes of at least 4 members (excludes halogenated alkanes) is 4. The van der Waals surface area contributed by atoms with Gasteiger partial charge in [-0.2, -0.15) is 13.2 Å². The largest absolute Gasteiger partial charge is 0.414 e. The quantitative estimate of drug-likeness (QED) is 0.649. The Morgan fingerprint density at radius 2 is 1.62 bits per heavy atom. The fourth-order valence-electron chi connectivity index (χ4n) is 1.03. The van der Waals surface area contributed by atoms with Crippen LogP contribution in [0.5, 0.6) is 0 Å². The molecule has 1 N–H and O–H groups in total. The maximum absolute atomic E-state index is 11.8. The molecule has 0 aliphatic heterocycles. The molecule has 0 saturated carbocycles.